The highest BCUT2D eigenvalue weighted by atomic mass is 28.4. The summed E-state index contributed by atoms with van der Waals surface area (Å²) in [6.45, 7) is 7.45. The number of hydrogen-bond donors (Lipinski definition) is 1. The van der Waals surface area contributed by atoms with E-state index in [1.165, 1.54) is 0 Å². The van der Waals surface area contributed by atoms with Crippen molar-refractivity contribution in [2.75, 3.05) is 13.7 Å². The van der Waals surface area contributed by atoms with Crippen LogP contribution in [0.3, 0.4) is 0 Å². The van der Waals surface area contributed by atoms with E-state index in [-0.39, 0.29) is 17.2 Å². The number of benzene rings is 3. The molecule has 3 atom stereocenters. The smallest absolute Gasteiger partial charge is 0.397 e. The summed E-state index contributed by atoms with van der Waals surface area (Å²) in [5.41, 5.74) is 1.67. The average Bonchev–Trinajstić information content (AvgIpc) is 3.18. The molecule has 0 fully saturated rings. The number of aliphatic hydroxyl groups is 1. The van der Waals surface area contributed by atoms with Gasteiger partial charge in [0.05, 0.1) is 18.6 Å². The summed E-state index contributed by atoms with van der Waals surface area (Å²) in [7, 11) is -1.42. The maximum atomic E-state index is 14.3. The summed E-state index contributed by atoms with van der Waals surface area (Å²) in [6.07, 6.45) is 4.06. The largest absolute Gasteiger partial charge is 0.494 e. The summed E-state index contributed by atoms with van der Waals surface area (Å²) in [5, 5.41) is 12.2. The van der Waals surface area contributed by atoms with Crippen molar-refractivity contribution in [2.24, 2.45) is 0 Å². The Bertz CT molecular complexity index is 1390. The lowest BCUT2D eigenvalue weighted by atomic mass is 9.69. The number of methoxy groups -OCH3 is 1. The molecule has 0 radical (unpaired) electrons. The maximum absolute atomic E-state index is 14.3. The maximum Gasteiger partial charge on any atom is 0.397 e. The Balaban J connectivity index is 1.42. The quantitative estimate of drug-likeness (QED) is 0.366. The molecule has 1 N–H and O–H groups in total. The molecule has 3 aliphatic rings. The topological polar surface area (TPSA) is 68.2 Å². The van der Waals surface area contributed by atoms with Crippen LogP contribution in [0.15, 0.2) is 84.9 Å². The fourth-order valence-electron chi connectivity index (χ4n) is 6.94. The minimum Gasteiger partial charge on any atom is -0.494 e. The monoisotopic (exact) mass is 555 g/mol. The SMILES string of the molecule is COc1ccc2c3c1O[C@@H]1CC(O)C=CC31CCN(C(=O)O[Si](c1ccccc1)(c1ccccc1)C(C)(C)C)C2. The van der Waals surface area contributed by atoms with Crippen LogP contribution in [0.1, 0.15) is 44.7 Å². The fraction of sp³-hybridized carbons (Fsp3) is 0.364. The molecular weight excluding hydrogens is 518 g/mol. The van der Waals surface area contributed by atoms with Crippen LogP contribution >= 0.6 is 0 Å². The Morgan fingerprint density at radius 3 is 2.27 bits per heavy atom. The molecule has 6 nitrogen and oxygen atoms in total. The van der Waals surface area contributed by atoms with Crippen LogP contribution < -0.4 is 19.8 Å². The molecule has 1 aliphatic carbocycles. The van der Waals surface area contributed by atoms with Crippen molar-refractivity contribution in [3.8, 4) is 11.5 Å². The molecule has 208 valence electrons. The standard InChI is InChI=1S/C33H37NO5Si/c1-32(2,3)40(25-11-7-5-8-12-25,26-13-9-6-10-14-26)39-31(36)34-20-19-33-18-17-24(35)21-28(33)38-30-27(37-4)16-15-23(22-34)29(30)33/h5-18,24,28,35H,19-22H2,1-4H3/t24?,28-,33?/m1/s1. The summed E-state index contributed by atoms with van der Waals surface area (Å²) < 4.78 is 19.0. The number of nitrogens with zero attached hydrogens (tertiary/aromatic N) is 1. The molecule has 0 bridgehead atoms. The molecule has 6 rings (SSSR count). The number of carbonyl (C=O) groups is 1. The van der Waals surface area contributed by atoms with Crippen molar-refractivity contribution < 1.29 is 23.8 Å². The van der Waals surface area contributed by atoms with Crippen LogP contribution in [0.4, 0.5) is 4.79 Å². The van der Waals surface area contributed by atoms with Crippen LogP contribution in [0.25, 0.3) is 0 Å². The predicted octanol–water partition coefficient (Wildman–Crippen LogP) is 4.92. The Hall–Kier alpha value is -3.55. The Kier molecular flexibility index (Phi) is 6.54. The number of aliphatic hydroxyl groups excluding tert-OH is 1. The van der Waals surface area contributed by atoms with Gasteiger partial charge in [0.2, 0.25) is 0 Å². The zero-order chi connectivity index (χ0) is 28.1. The minimum atomic E-state index is -3.06. The molecule has 1 spiro atoms. The number of hydrogen-bond acceptors (Lipinski definition) is 5. The van der Waals surface area contributed by atoms with E-state index in [1.807, 2.05) is 59.5 Å². The van der Waals surface area contributed by atoms with Crippen LogP contribution in [0, 0.1) is 0 Å². The van der Waals surface area contributed by atoms with Gasteiger partial charge in [-0.05, 0) is 33.5 Å². The molecule has 7 heteroatoms. The predicted molar refractivity (Wildman–Crippen MR) is 158 cm³/mol. The molecule has 0 aromatic heterocycles. The lowest BCUT2D eigenvalue weighted by Crippen LogP contribution is -2.68. The second-order valence-corrected chi connectivity index (χ2v) is 16.4. The first kappa shape index (κ1) is 26.7. The van der Waals surface area contributed by atoms with Gasteiger partial charge < -0.3 is 23.9 Å². The van der Waals surface area contributed by atoms with E-state index in [0.717, 1.165) is 27.2 Å². The molecule has 0 saturated heterocycles. The summed E-state index contributed by atoms with van der Waals surface area (Å²) in [6, 6.07) is 24.4. The first-order valence-corrected chi connectivity index (χ1v) is 15.9. The molecule has 40 heavy (non-hydrogen) atoms. The molecule has 1 amide bonds. The number of carbonyl (C=O) groups excluding carboxylic acids is 1. The van der Waals surface area contributed by atoms with Crippen molar-refractivity contribution in [1.29, 1.82) is 0 Å². The van der Waals surface area contributed by atoms with Gasteiger partial charge in [0.25, 0.3) is 0 Å². The molecule has 2 aliphatic heterocycles. The van der Waals surface area contributed by atoms with Gasteiger partial charge in [-0.2, -0.15) is 0 Å². The zero-order valence-electron chi connectivity index (χ0n) is 23.6. The molecule has 3 aromatic rings. The third-order valence-corrected chi connectivity index (χ3v) is 13.8. The molecule has 0 saturated carbocycles. The molecular formula is C33H37NO5Si. The lowest BCUT2D eigenvalue weighted by molar-refractivity contribution is 0.0802. The lowest BCUT2D eigenvalue weighted by Gasteiger charge is -2.43. The van der Waals surface area contributed by atoms with E-state index < -0.39 is 19.8 Å². The van der Waals surface area contributed by atoms with Gasteiger partial charge >= 0.3 is 14.4 Å². The van der Waals surface area contributed by atoms with Crippen LogP contribution in [-0.4, -0.2) is 50.3 Å². The van der Waals surface area contributed by atoms with Crippen molar-refractivity contribution in [3.05, 3.63) is 96.1 Å². The van der Waals surface area contributed by atoms with E-state index in [9.17, 15) is 9.90 Å². The first-order chi connectivity index (χ1) is 19.2. The zero-order valence-corrected chi connectivity index (χ0v) is 24.6. The second kappa shape index (κ2) is 9.82. The van der Waals surface area contributed by atoms with Gasteiger partial charge in [-0.25, -0.2) is 4.79 Å². The van der Waals surface area contributed by atoms with Gasteiger partial charge in [0.15, 0.2) is 11.5 Å². The Morgan fingerprint density at radius 1 is 1.02 bits per heavy atom. The van der Waals surface area contributed by atoms with Gasteiger partial charge in [-0.1, -0.05) is 99.7 Å². The highest BCUT2D eigenvalue weighted by Gasteiger charge is 2.56. The van der Waals surface area contributed by atoms with E-state index in [2.05, 4.69) is 51.1 Å². The summed E-state index contributed by atoms with van der Waals surface area (Å²) >= 11 is 0. The van der Waals surface area contributed by atoms with E-state index in [0.29, 0.717) is 31.7 Å². The highest BCUT2D eigenvalue weighted by molar-refractivity contribution is 7.00. The average molecular weight is 556 g/mol. The minimum absolute atomic E-state index is 0.217. The normalized spacial score (nSPS) is 23.5. The van der Waals surface area contributed by atoms with Gasteiger partial charge in [0, 0.05) is 25.1 Å². The Morgan fingerprint density at radius 2 is 1.68 bits per heavy atom. The van der Waals surface area contributed by atoms with Gasteiger partial charge in [-0.3, -0.25) is 0 Å². The van der Waals surface area contributed by atoms with Gasteiger partial charge in [0.1, 0.15) is 6.10 Å². The summed E-state index contributed by atoms with van der Waals surface area (Å²) in [5.74, 6) is 1.41. The van der Waals surface area contributed by atoms with Crippen molar-refractivity contribution >= 4 is 24.8 Å². The van der Waals surface area contributed by atoms with Crippen LogP contribution in [0.2, 0.25) is 5.04 Å². The van der Waals surface area contributed by atoms with Crippen molar-refractivity contribution in [1.82, 2.24) is 4.90 Å². The van der Waals surface area contributed by atoms with E-state index >= 15 is 0 Å². The third kappa shape index (κ3) is 4.06. The fourth-order valence-corrected chi connectivity index (χ4v) is 11.3. The molecule has 3 aromatic carbocycles. The Labute approximate surface area is 237 Å². The summed E-state index contributed by atoms with van der Waals surface area (Å²) in [4.78, 5) is 16.2. The van der Waals surface area contributed by atoms with Crippen LogP contribution in [-0.2, 0) is 16.4 Å². The van der Waals surface area contributed by atoms with Crippen molar-refractivity contribution in [3.63, 3.8) is 0 Å². The third-order valence-electron chi connectivity index (χ3n) is 8.87. The second-order valence-electron chi connectivity index (χ2n) is 12.1. The van der Waals surface area contributed by atoms with Crippen molar-refractivity contribution in [2.45, 2.75) is 62.8 Å². The molecule has 2 unspecified atom stereocenters. The van der Waals surface area contributed by atoms with E-state index in [4.69, 9.17) is 13.9 Å². The first-order valence-electron chi connectivity index (χ1n) is 14.0. The highest BCUT2D eigenvalue weighted by Crippen LogP contribution is 2.55. The number of rotatable bonds is 4. The van der Waals surface area contributed by atoms with Gasteiger partial charge in [-0.15, -0.1) is 0 Å². The molecule has 2 heterocycles. The van der Waals surface area contributed by atoms with Crippen LogP contribution in [0.5, 0.6) is 11.5 Å². The number of amides is 1. The number of ether oxygens (including phenoxy) is 2. The van der Waals surface area contributed by atoms with E-state index in [1.54, 1.807) is 7.11 Å².